The van der Waals surface area contributed by atoms with E-state index in [1.807, 2.05) is 0 Å². The highest BCUT2D eigenvalue weighted by molar-refractivity contribution is 6.95. The molecule has 20 heavy (non-hydrogen) atoms. The molecule has 4 heteroatoms. The fraction of sp³-hybridized carbons (Fsp3) is 0.562. The number of allylic oxidation sites excluding steroid dienone is 4. The van der Waals surface area contributed by atoms with Crippen LogP contribution >= 0.6 is 34.8 Å². The van der Waals surface area contributed by atoms with Crippen molar-refractivity contribution >= 4 is 39.4 Å². The standard InChI is InChI=1S/C16H24Cl3N/c1-12(2)7-5-8-13(3)9-6-10-14(4)15(17)11-20-16(18)19/h7,9,15H,4-6,8,10-11H2,1-3H3/b13-9+. The van der Waals surface area contributed by atoms with Gasteiger partial charge < -0.3 is 0 Å². The Morgan fingerprint density at radius 3 is 2.25 bits per heavy atom. The number of hydrogen-bond donors (Lipinski definition) is 0. The quantitative estimate of drug-likeness (QED) is 0.260. The van der Waals surface area contributed by atoms with Gasteiger partial charge in [0.25, 0.3) is 0 Å². The molecule has 0 heterocycles. The maximum Gasteiger partial charge on any atom is 0.192 e. The Morgan fingerprint density at radius 1 is 1.10 bits per heavy atom. The summed E-state index contributed by atoms with van der Waals surface area (Å²) in [6, 6.07) is 0. The second kappa shape index (κ2) is 11.4. The maximum atomic E-state index is 6.16. The molecular formula is C16H24Cl3N. The third kappa shape index (κ3) is 11.6. The van der Waals surface area contributed by atoms with Gasteiger partial charge in [0.2, 0.25) is 0 Å². The minimum Gasteiger partial charge on any atom is -0.261 e. The largest absolute Gasteiger partial charge is 0.261 e. The van der Waals surface area contributed by atoms with Crippen molar-refractivity contribution in [2.45, 2.75) is 51.8 Å². The topological polar surface area (TPSA) is 12.4 Å². The third-order valence-corrected chi connectivity index (χ3v) is 3.55. The van der Waals surface area contributed by atoms with Gasteiger partial charge in [0.1, 0.15) is 0 Å². The third-order valence-electron chi connectivity index (χ3n) is 2.86. The van der Waals surface area contributed by atoms with Crippen LogP contribution in [-0.2, 0) is 0 Å². The highest BCUT2D eigenvalue weighted by Gasteiger charge is 2.07. The van der Waals surface area contributed by atoms with Gasteiger partial charge in [0, 0.05) is 0 Å². The Labute approximate surface area is 138 Å². The van der Waals surface area contributed by atoms with Crippen molar-refractivity contribution in [2.75, 3.05) is 6.54 Å². The first-order valence-electron chi connectivity index (χ1n) is 6.79. The zero-order valence-corrected chi connectivity index (χ0v) is 14.8. The Morgan fingerprint density at radius 2 is 1.70 bits per heavy atom. The number of hydrogen-bond acceptors (Lipinski definition) is 1. The van der Waals surface area contributed by atoms with Crippen molar-refractivity contribution in [1.82, 2.24) is 0 Å². The van der Waals surface area contributed by atoms with Crippen LogP contribution in [0.25, 0.3) is 0 Å². The molecule has 0 rings (SSSR count). The summed E-state index contributed by atoms with van der Waals surface area (Å²) in [5.74, 6) is 0. The summed E-state index contributed by atoms with van der Waals surface area (Å²) in [7, 11) is 0. The molecule has 0 aromatic rings. The normalized spacial score (nSPS) is 12.8. The molecular weight excluding hydrogens is 313 g/mol. The van der Waals surface area contributed by atoms with Gasteiger partial charge in [-0.05, 0) is 69.7 Å². The molecule has 0 saturated heterocycles. The number of halogens is 3. The predicted octanol–water partition coefficient (Wildman–Crippen LogP) is 6.46. The number of aliphatic imine (C=N–C) groups is 1. The lowest BCUT2D eigenvalue weighted by molar-refractivity contribution is 0.858. The zero-order valence-electron chi connectivity index (χ0n) is 12.6. The molecule has 0 aromatic heterocycles. The molecule has 1 nitrogen and oxygen atoms in total. The van der Waals surface area contributed by atoms with Crippen LogP contribution in [0.3, 0.4) is 0 Å². The van der Waals surface area contributed by atoms with Crippen molar-refractivity contribution < 1.29 is 0 Å². The van der Waals surface area contributed by atoms with Gasteiger partial charge in [-0.15, -0.1) is 11.6 Å². The van der Waals surface area contributed by atoms with Gasteiger partial charge in [0.05, 0.1) is 11.9 Å². The van der Waals surface area contributed by atoms with E-state index in [1.54, 1.807) is 0 Å². The molecule has 1 unspecified atom stereocenters. The molecule has 0 fully saturated rings. The lowest BCUT2D eigenvalue weighted by atomic mass is 10.0. The fourth-order valence-corrected chi connectivity index (χ4v) is 1.95. The molecule has 0 N–H and O–H groups in total. The average molecular weight is 337 g/mol. The molecule has 0 aromatic carbocycles. The smallest absolute Gasteiger partial charge is 0.192 e. The van der Waals surface area contributed by atoms with Crippen molar-refractivity contribution in [3.8, 4) is 0 Å². The summed E-state index contributed by atoms with van der Waals surface area (Å²) in [6.07, 6.45) is 8.55. The van der Waals surface area contributed by atoms with Gasteiger partial charge in [-0.3, -0.25) is 4.99 Å². The molecule has 0 radical (unpaired) electrons. The first kappa shape index (κ1) is 19.8. The van der Waals surface area contributed by atoms with Gasteiger partial charge in [0.15, 0.2) is 4.63 Å². The van der Waals surface area contributed by atoms with Gasteiger partial charge in [-0.1, -0.05) is 35.5 Å². The van der Waals surface area contributed by atoms with E-state index in [2.05, 4.69) is 44.5 Å². The van der Waals surface area contributed by atoms with E-state index in [9.17, 15) is 0 Å². The lowest BCUT2D eigenvalue weighted by Gasteiger charge is -2.09. The monoisotopic (exact) mass is 335 g/mol. The Hall–Kier alpha value is -0.240. The summed E-state index contributed by atoms with van der Waals surface area (Å²) in [5, 5.41) is -0.207. The van der Waals surface area contributed by atoms with E-state index in [0.717, 1.165) is 31.3 Å². The molecule has 0 amide bonds. The van der Waals surface area contributed by atoms with E-state index >= 15 is 0 Å². The predicted molar refractivity (Wildman–Crippen MR) is 94.4 cm³/mol. The minimum atomic E-state index is -0.207. The first-order valence-corrected chi connectivity index (χ1v) is 7.98. The highest BCUT2D eigenvalue weighted by atomic mass is 35.5. The lowest BCUT2D eigenvalue weighted by Crippen LogP contribution is -2.06. The van der Waals surface area contributed by atoms with Crippen LogP contribution in [0, 0.1) is 0 Å². The van der Waals surface area contributed by atoms with E-state index in [4.69, 9.17) is 34.8 Å². The summed E-state index contributed by atoms with van der Waals surface area (Å²) < 4.78 is 0.0125. The highest BCUT2D eigenvalue weighted by Crippen LogP contribution is 2.17. The Balaban J connectivity index is 4.00. The maximum absolute atomic E-state index is 6.16. The molecule has 0 aliphatic rings. The molecule has 0 spiro atoms. The van der Waals surface area contributed by atoms with Crippen molar-refractivity contribution in [3.05, 3.63) is 35.5 Å². The van der Waals surface area contributed by atoms with Crippen LogP contribution < -0.4 is 0 Å². The number of alkyl halides is 1. The minimum absolute atomic E-state index is 0.0125. The number of nitrogens with zero attached hydrogens (tertiary/aromatic N) is 1. The van der Waals surface area contributed by atoms with E-state index in [1.165, 1.54) is 11.1 Å². The second-order valence-electron chi connectivity index (χ2n) is 5.12. The SMILES string of the molecule is C=C(CC/C=C(\C)CCC=C(C)C)C(Cl)CN=C(Cl)Cl. The summed E-state index contributed by atoms with van der Waals surface area (Å²) in [6.45, 7) is 10.8. The van der Waals surface area contributed by atoms with Crippen LogP contribution in [0.5, 0.6) is 0 Å². The Kier molecular flexibility index (Phi) is 11.3. The van der Waals surface area contributed by atoms with Crippen LogP contribution in [-0.4, -0.2) is 16.6 Å². The second-order valence-corrected chi connectivity index (χ2v) is 6.55. The molecule has 0 saturated carbocycles. The zero-order chi connectivity index (χ0) is 15.5. The first-order chi connectivity index (χ1) is 9.32. The number of rotatable bonds is 9. The molecule has 0 bridgehead atoms. The summed E-state index contributed by atoms with van der Waals surface area (Å²) >= 11 is 17.1. The van der Waals surface area contributed by atoms with Crippen LogP contribution in [0.4, 0.5) is 0 Å². The van der Waals surface area contributed by atoms with Gasteiger partial charge in [-0.2, -0.15) is 0 Å². The van der Waals surface area contributed by atoms with Crippen molar-refractivity contribution in [1.29, 1.82) is 0 Å². The molecule has 114 valence electrons. The fourth-order valence-electron chi connectivity index (χ4n) is 1.63. The summed E-state index contributed by atoms with van der Waals surface area (Å²) in [4.78, 5) is 3.88. The van der Waals surface area contributed by atoms with Gasteiger partial charge in [-0.25, -0.2) is 0 Å². The molecule has 0 aliphatic carbocycles. The van der Waals surface area contributed by atoms with Crippen molar-refractivity contribution in [3.63, 3.8) is 0 Å². The van der Waals surface area contributed by atoms with Gasteiger partial charge >= 0.3 is 0 Å². The Bertz CT molecular complexity index is 387. The van der Waals surface area contributed by atoms with Crippen LogP contribution in [0.2, 0.25) is 0 Å². The molecule has 1 atom stereocenters. The average Bonchev–Trinajstić information content (AvgIpc) is 2.35. The molecule has 0 aliphatic heterocycles. The van der Waals surface area contributed by atoms with E-state index < -0.39 is 0 Å². The van der Waals surface area contributed by atoms with Crippen LogP contribution in [0.15, 0.2) is 40.4 Å². The van der Waals surface area contributed by atoms with Crippen LogP contribution in [0.1, 0.15) is 46.5 Å². The summed E-state index contributed by atoms with van der Waals surface area (Å²) in [5.41, 5.74) is 3.75. The van der Waals surface area contributed by atoms with Crippen molar-refractivity contribution in [2.24, 2.45) is 4.99 Å². The van der Waals surface area contributed by atoms with E-state index in [-0.39, 0.29) is 10.0 Å². The van der Waals surface area contributed by atoms with E-state index in [0.29, 0.717) is 6.54 Å².